The van der Waals surface area contributed by atoms with E-state index in [4.69, 9.17) is 4.52 Å². The molecule has 4 nitrogen and oxygen atoms in total. The van der Waals surface area contributed by atoms with Gasteiger partial charge >= 0.3 is 0 Å². The van der Waals surface area contributed by atoms with Crippen LogP contribution in [0.15, 0.2) is 89.8 Å². The molecule has 3 aromatic rings. The average Bonchev–Trinajstić information content (AvgIpc) is 2.73. The lowest BCUT2D eigenvalue weighted by molar-refractivity contribution is 0.332. The van der Waals surface area contributed by atoms with Gasteiger partial charge in [-0.1, -0.05) is 66.2 Å². The zero-order valence-electron chi connectivity index (χ0n) is 15.9. The molecule has 0 heterocycles. The smallest absolute Gasteiger partial charge is 0.253 e. The molecule has 146 valence electrons. The maximum absolute atomic E-state index is 14.1. The average molecular weight is 413 g/mol. The normalized spacial score (nSPS) is 15.5. The first-order valence-electron chi connectivity index (χ1n) is 9.14. The van der Waals surface area contributed by atoms with E-state index in [1.165, 1.54) is 0 Å². The van der Waals surface area contributed by atoms with E-state index in [0.29, 0.717) is 10.2 Å². The van der Waals surface area contributed by atoms with Crippen LogP contribution in [-0.4, -0.2) is 10.8 Å². The highest BCUT2D eigenvalue weighted by Gasteiger charge is 2.38. The largest absolute Gasteiger partial charge is 0.324 e. The molecule has 6 heteroatoms. The van der Waals surface area contributed by atoms with Gasteiger partial charge in [-0.25, -0.2) is 8.93 Å². The molecule has 28 heavy (non-hydrogen) atoms. The third-order valence-corrected chi connectivity index (χ3v) is 8.44. The Kier molecular flexibility index (Phi) is 6.97. The summed E-state index contributed by atoms with van der Waals surface area (Å²) < 4.78 is 36.1. The van der Waals surface area contributed by atoms with E-state index in [0.717, 1.165) is 11.1 Å². The zero-order chi connectivity index (χ0) is 20.0. The van der Waals surface area contributed by atoms with Gasteiger partial charge in [0.05, 0.1) is 11.5 Å². The van der Waals surface area contributed by atoms with Crippen LogP contribution in [0.25, 0.3) is 0 Å². The van der Waals surface area contributed by atoms with Crippen molar-refractivity contribution >= 4 is 23.7 Å². The predicted octanol–water partition coefficient (Wildman–Crippen LogP) is 4.95. The van der Waals surface area contributed by atoms with Crippen molar-refractivity contribution < 1.29 is 13.3 Å². The Morgan fingerprint density at radius 1 is 0.929 bits per heavy atom. The van der Waals surface area contributed by atoms with Crippen molar-refractivity contribution in [2.24, 2.45) is 0 Å². The molecule has 0 fully saturated rings. The molecular weight excluding hydrogens is 389 g/mol. The Hall–Kier alpha value is -2.04. The number of nitrogens with one attached hydrogen (secondary N) is 1. The highest BCUT2D eigenvalue weighted by Crippen LogP contribution is 2.57. The number of aryl methyl sites for hydroxylation is 1. The van der Waals surface area contributed by atoms with Gasteiger partial charge in [0.2, 0.25) is 0 Å². The van der Waals surface area contributed by atoms with Crippen LogP contribution < -0.4 is 10.0 Å². The predicted molar refractivity (Wildman–Crippen MR) is 115 cm³/mol. The van der Waals surface area contributed by atoms with E-state index in [9.17, 15) is 8.77 Å². The molecule has 0 saturated heterocycles. The summed E-state index contributed by atoms with van der Waals surface area (Å²) in [5.41, 5.74) is 1.85. The first kappa shape index (κ1) is 20.7. The highest BCUT2D eigenvalue weighted by atomic mass is 32.2. The standard InChI is InChI=1S/C22H24NO3PS/c1-3-26-27(24,20-12-8-5-9-13-20)22(19-10-6-4-7-11-19)23-28(25)21-16-14-18(2)15-17-21/h4-17,22-23H,3H2,1-2H3. The van der Waals surface area contributed by atoms with Gasteiger partial charge in [-0.05, 0) is 43.7 Å². The van der Waals surface area contributed by atoms with Crippen molar-refractivity contribution in [2.75, 3.05) is 6.61 Å². The Morgan fingerprint density at radius 3 is 2.07 bits per heavy atom. The third kappa shape index (κ3) is 4.68. The summed E-state index contributed by atoms with van der Waals surface area (Å²) in [7, 11) is -4.94. The second kappa shape index (κ2) is 9.44. The van der Waals surface area contributed by atoms with Crippen molar-refractivity contribution in [3.63, 3.8) is 0 Å². The SMILES string of the molecule is CCOP(=O)(c1ccccc1)C(NS(=O)c1ccc(C)cc1)c1ccccc1. The van der Waals surface area contributed by atoms with Gasteiger partial charge in [-0.15, -0.1) is 0 Å². The monoisotopic (exact) mass is 413 g/mol. The van der Waals surface area contributed by atoms with Gasteiger partial charge in [0.15, 0.2) is 0 Å². The Labute approximate surface area is 169 Å². The van der Waals surface area contributed by atoms with E-state index < -0.39 is 24.1 Å². The second-order valence-corrected chi connectivity index (χ2v) is 10.1. The molecule has 0 saturated carbocycles. The van der Waals surface area contributed by atoms with Crippen LogP contribution in [0.5, 0.6) is 0 Å². The maximum atomic E-state index is 14.1. The molecule has 0 aliphatic carbocycles. The number of hydrogen-bond acceptors (Lipinski definition) is 3. The van der Waals surface area contributed by atoms with Crippen molar-refractivity contribution in [2.45, 2.75) is 24.5 Å². The molecule has 0 aliphatic heterocycles. The Bertz CT molecular complexity index is 962. The fraction of sp³-hybridized carbons (Fsp3) is 0.182. The minimum Gasteiger partial charge on any atom is -0.324 e. The molecule has 0 spiro atoms. The summed E-state index contributed by atoms with van der Waals surface area (Å²) in [6, 6.07) is 26.0. The summed E-state index contributed by atoms with van der Waals surface area (Å²) in [4.78, 5) is 0.627. The maximum Gasteiger partial charge on any atom is 0.253 e. The molecule has 3 atom stereocenters. The molecule has 0 bridgehead atoms. The molecule has 0 aliphatic rings. The Morgan fingerprint density at radius 2 is 1.50 bits per heavy atom. The van der Waals surface area contributed by atoms with Crippen LogP contribution in [0.2, 0.25) is 0 Å². The lowest BCUT2D eigenvalue weighted by atomic mass is 10.2. The molecule has 3 unspecified atom stereocenters. The van der Waals surface area contributed by atoms with Crippen LogP contribution >= 0.6 is 7.37 Å². The minimum atomic E-state index is -3.39. The molecule has 0 radical (unpaired) electrons. The first-order valence-corrected chi connectivity index (χ1v) is 12.0. The van der Waals surface area contributed by atoms with E-state index >= 15 is 0 Å². The minimum absolute atomic E-state index is 0.286. The van der Waals surface area contributed by atoms with E-state index in [2.05, 4.69) is 4.72 Å². The fourth-order valence-electron chi connectivity index (χ4n) is 2.93. The van der Waals surface area contributed by atoms with E-state index in [1.54, 1.807) is 12.1 Å². The molecule has 3 aromatic carbocycles. The van der Waals surface area contributed by atoms with Crippen LogP contribution in [0.3, 0.4) is 0 Å². The molecular formula is C22H24NO3PS. The van der Waals surface area contributed by atoms with Crippen molar-refractivity contribution in [3.05, 3.63) is 96.1 Å². The topological polar surface area (TPSA) is 55.4 Å². The summed E-state index contributed by atoms with van der Waals surface area (Å²) in [5, 5.41) is 0.596. The van der Waals surface area contributed by atoms with Gasteiger partial charge in [0.1, 0.15) is 16.8 Å². The molecule has 0 amide bonds. The second-order valence-electron chi connectivity index (χ2n) is 6.36. The number of benzene rings is 3. The van der Waals surface area contributed by atoms with E-state index in [1.807, 2.05) is 86.6 Å². The number of rotatable bonds is 8. The van der Waals surface area contributed by atoms with Crippen molar-refractivity contribution in [1.29, 1.82) is 0 Å². The van der Waals surface area contributed by atoms with Crippen LogP contribution in [0.4, 0.5) is 0 Å². The van der Waals surface area contributed by atoms with Crippen molar-refractivity contribution in [3.8, 4) is 0 Å². The van der Waals surface area contributed by atoms with Gasteiger partial charge in [0, 0.05) is 5.30 Å². The fourth-order valence-corrected chi connectivity index (χ4v) is 6.76. The lowest BCUT2D eigenvalue weighted by Gasteiger charge is -2.28. The van der Waals surface area contributed by atoms with Crippen LogP contribution in [0, 0.1) is 6.92 Å². The van der Waals surface area contributed by atoms with Crippen LogP contribution in [-0.2, 0) is 20.1 Å². The first-order chi connectivity index (χ1) is 13.5. The lowest BCUT2D eigenvalue weighted by Crippen LogP contribution is -2.28. The summed E-state index contributed by atoms with van der Waals surface area (Å²) in [6.45, 7) is 4.08. The van der Waals surface area contributed by atoms with E-state index in [-0.39, 0.29) is 6.61 Å². The van der Waals surface area contributed by atoms with Gasteiger partial charge < -0.3 is 4.52 Å². The summed E-state index contributed by atoms with van der Waals surface area (Å²) in [6.07, 6.45) is 0. The molecule has 1 N–H and O–H groups in total. The quantitative estimate of drug-likeness (QED) is 0.532. The molecule has 3 rings (SSSR count). The highest BCUT2D eigenvalue weighted by molar-refractivity contribution is 7.83. The van der Waals surface area contributed by atoms with Crippen molar-refractivity contribution in [1.82, 2.24) is 4.72 Å². The zero-order valence-corrected chi connectivity index (χ0v) is 17.7. The summed E-state index contributed by atoms with van der Waals surface area (Å²) >= 11 is 0. The van der Waals surface area contributed by atoms with Crippen LogP contribution in [0.1, 0.15) is 23.8 Å². The summed E-state index contributed by atoms with van der Waals surface area (Å²) in [5.74, 6) is -0.738. The van der Waals surface area contributed by atoms with Gasteiger partial charge in [0.25, 0.3) is 7.37 Å². The third-order valence-electron chi connectivity index (χ3n) is 4.35. The van der Waals surface area contributed by atoms with Gasteiger partial charge in [-0.3, -0.25) is 4.57 Å². The Balaban J connectivity index is 2.04. The number of hydrogen-bond donors (Lipinski definition) is 1. The molecule has 0 aromatic heterocycles. The van der Waals surface area contributed by atoms with Gasteiger partial charge in [-0.2, -0.15) is 0 Å².